The Balaban J connectivity index is 1.66. The van der Waals surface area contributed by atoms with Crippen LogP contribution >= 0.6 is 0 Å². The Morgan fingerprint density at radius 2 is 1.80 bits per heavy atom. The minimum atomic E-state index is -0.596. The van der Waals surface area contributed by atoms with E-state index < -0.39 is 17.7 Å². The number of hydrogen-bond donors (Lipinski definition) is 1. The molecule has 0 bridgehead atoms. The van der Waals surface area contributed by atoms with Gasteiger partial charge in [0.05, 0.1) is 23.0 Å². The SMILES string of the molecule is C=C(C)C(=O)OCCn1c2ccc(C(=O)c3ccccc3C)cc2c2c3c(ccc21)C(=O)C(NOC(C)=O)=CCO3. The molecule has 0 saturated carbocycles. The van der Waals surface area contributed by atoms with E-state index in [1.165, 1.54) is 13.0 Å². The van der Waals surface area contributed by atoms with Crippen LogP contribution in [0.3, 0.4) is 0 Å². The molecule has 0 fully saturated rings. The first-order valence-electron chi connectivity index (χ1n) is 13.0. The number of rotatable bonds is 8. The summed E-state index contributed by atoms with van der Waals surface area (Å²) in [6.45, 7) is 8.75. The number of aromatic nitrogens is 1. The molecular formula is C32H28N2O7. The molecule has 0 aliphatic carbocycles. The van der Waals surface area contributed by atoms with Crippen molar-refractivity contribution in [1.82, 2.24) is 10.0 Å². The maximum absolute atomic E-state index is 13.5. The van der Waals surface area contributed by atoms with Gasteiger partial charge in [0.1, 0.15) is 24.7 Å². The second-order valence-electron chi connectivity index (χ2n) is 9.73. The van der Waals surface area contributed by atoms with Crippen LogP contribution < -0.4 is 10.2 Å². The van der Waals surface area contributed by atoms with E-state index in [1.54, 1.807) is 37.3 Å². The fraction of sp³-hybridized carbons (Fsp3) is 0.188. The zero-order valence-corrected chi connectivity index (χ0v) is 22.9. The number of carbonyl (C=O) groups excluding carboxylic acids is 4. The van der Waals surface area contributed by atoms with Gasteiger partial charge in [-0.25, -0.2) is 10.3 Å². The van der Waals surface area contributed by atoms with Crippen LogP contribution in [-0.4, -0.2) is 41.3 Å². The van der Waals surface area contributed by atoms with Crippen LogP contribution in [0.25, 0.3) is 21.8 Å². The van der Waals surface area contributed by atoms with Gasteiger partial charge in [-0.1, -0.05) is 30.8 Å². The third kappa shape index (κ3) is 5.21. The molecule has 0 atom stereocenters. The molecule has 9 heteroatoms. The third-order valence-corrected chi connectivity index (χ3v) is 6.84. The summed E-state index contributed by atoms with van der Waals surface area (Å²) in [5.41, 5.74) is 6.49. The number of benzene rings is 3. The van der Waals surface area contributed by atoms with Crippen molar-refractivity contribution in [2.24, 2.45) is 0 Å². The fourth-order valence-corrected chi connectivity index (χ4v) is 4.87. The van der Waals surface area contributed by atoms with Gasteiger partial charge in [0.2, 0.25) is 5.78 Å². The molecule has 9 nitrogen and oxygen atoms in total. The van der Waals surface area contributed by atoms with Crippen LogP contribution in [0.15, 0.2) is 78.5 Å². The Kier molecular flexibility index (Phi) is 7.43. The molecular weight excluding hydrogens is 524 g/mol. The monoisotopic (exact) mass is 552 g/mol. The lowest BCUT2D eigenvalue weighted by molar-refractivity contribution is -0.146. The van der Waals surface area contributed by atoms with Crippen LogP contribution in [0, 0.1) is 6.92 Å². The number of esters is 1. The normalized spacial score (nSPS) is 12.7. The van der Waals surface area contributed by atoms with Crippen LogP contribution in [-0.2, 0) is 25.7 Å². The zero-order valence-electron chi connectivity index (χ0n) is 22.9. The van der Waals surface area contributed by atoms with Crippen molar-refractivity contribution >= 4 is 45.3 Å². The summed E-state index contributed by atoms with van der Waals surface area (Å²) in [4.78, 5) is 55.1. The lowest BCUT2D eigenvalue weighted by Gasteiger charge is -2.11. The topological polar surface area (TPSA) is 113 Å². The number of carbonyl (C=O) groups is 4. The lowest BCUT2D eigenvalue weighted by atomic mass is 9.97. The smallest absolute Gasteiger partial charge is 0.333 e. The van der Waals surface area contributed by atoms with Crippen LogP contribution in [0.2, 0.25) is 0 Å². The van der Waals surface area contributed by atoms with E-state index >= 15 is 0 Å². The predicted molar refractivity (Wildman–Crippen MR) is 153 cm³/mol. The minimum Gasteiger partial charge on any atom is -0.488 e. The van der Waals surface area contributed by atoms with Gasteiger partial charge in [0, 0.05) is 34.5 Å². The summed E-state index contributed by atoms with van der Waals surface area (Å²) >= 11 is 0. The van der Waals surface area contributed by atoms with Gasteiger partial charge in [0.25, 0.3) is 0 Å². The largest absolute Gasteiger partial charge is 0.488 e. The van der Waals surface area contributed by atoms with Crippen molar-refractivity contribution in [3.63, 3.8) is 0 Å². The number of nitrogens with zero attached hydrogens (tertiary/aromatic N) is 1. The Morgan fingerprint density at radius 3 is 2.54 bits per heavy atom. The summed E-state index contributed by atoms with van der Waals surface area (Å²) in [5, 5.41) is 1.34. The summed E-state index contributed by atoms with van der Waals surface area (Å²) < 4.78 is 13.4. The second-order valence-corrected chi connectivity index (χ2v) is 9.73. The van der Waals surface area contributed by atoms with E-state index in [0.29, 0.717) is 39.8 Å². The molecule has 0 unspecified atom stereocenters. The van der Waals surface area contributed by atoms with Gasteiger partial charge in [-0.15, -0.1) is 0 Å². The number of allylic oxidation sites excluding steroid dienone is 1. The molecule has 0 spiro atoms. The van der Waals surface area contributed by atoms with E-state index in [2.05, 4.69) is 12.1 Å². The quantitative estimate of drug-likeness (QED) is 0.141. The lowest BCUT2D eigenvalue weighted by Crippen LogP contribution is -2.23. The van der Waals surface area contributed by atoms with Crippen LogP contribution in [0.1, 0.15) is 45.7 Å². The van der Waals surface area contributed by atoms with Crippen LogP contribution in [0.5, 0.6) is 5.75 Å². The number of fused-ring (bicyclic) bond motifs is 5. The number of hydroxylamine groups is 1. The fourth-order valence-electron chi connectivity index (χ4n) is 4.87. The summed E-state index contributed by atoms with van der Waals surface area (Å²) in [6, 6.07) is 16.2. The highest BCUT2D eigenvalue weighted by Gasteiger charge is 2.26. The zero-order chi connectivity index (χ0) is 29.3. The van der Waals surface area contributed by atoms with Crippen molar-refractivity contribution in [3.05, 3.63) is 101 Å². The van der Waals surface area contributed by atoms with Crippen molar-refractivity contribution in [1.29, 1.82) is 0 Å². The van der Waals surface area contributed by atoms with Gasteiger partial charge < -0.3 is 18.9 Å². The van der Waals surface area contributed by atoms with E-state index in [4.69, 9.17) is 14.3 Å². The average Bonchev–Trinajstić information content (AvgIpc) is 3.17. The molecule has 3 aromatic carbocycles. The van der Waals surface area contributed by atoms with Crippen LogP contribution in [0.4, 0.5) is 0 Å². The molecule has 1 aromatic heterocycles. The number of hydrogen-bond acceptors (Lipinski definition) is 8. The van der Waals surface area contributed by atoms with Gasteiger partial charge in [-0.05, 0) is 55.8 Å². The van der Waals surface area contributed by atoms with Gasteiger partial charge in [0.15, 0.2) is 5.78 Å². The molecule has 1 aliphatic rings. The maximum Gasteiger partial charge on any atom is 0.333 e. The first-order chi connectivity index (χ1) is 19.7. The molecule has 0 amide bonds. The van der Waals surface area contributed by atoms with E-state index in [1.807, 2.05) is 35.8 Å². The molecule has 1 N–H and O–H groups in total. The number of nitrogens with one attached hydrogen (secondary N) is 1. The van der Waals surface area contributed by atoms with Crippen molar-refractivity contribution in [3.8, 4) is 5.75 Å². The van der Waals surface area contributed by atoms with Gasteiger partial charge >= 0.3 is 11.9 Å². The van der Waals surface area contributed by atoms with Crippen molar-refractivity contribution < 1.29 is 33.5 Å². The number of ketones is 2. The summed E-state index contributed by atoms with van der Waals surface area (Å²) in [5.74, 6) is -1.29. The van der Waals surface area contributed by atoms with E-state index in [0.717, 1.165) is 16.6 Å². The highest BCUT2D eigenvalue weighted by Crippen LogP contribution is 2.40. The molecule has 41 heavy (non-hydrogen) atoms. The average molecular weight is 553 g/mol. The standard InChI is InChI=1S/C32H28N2O7/c1-18(2)32(38)40-16-14-34-26-11-9-21(29(36)22-8-6-5-7-19(22)3)17-24(26)28-27(34)12-10-23-30(37)25(33-41-20(4)35)13-15-39-31(23)28/h5-13,17,33H,1,14-16H2,2-4H3. The maximum atomic E-state index is 13.5. The van der Waals surface area contributed by atoms with Crippen molar-refractivity contribution in [2.75, 3.05) is 13.2 Å². The molecule has 0 saturated heterocycles. The van der Waals surface area contributed by atoms with E-state index in [9.17, 15) is 19.2 Å². The number of Topliss-reactive ketones (excluding diaryl/α,β-unsaturated/α-hetero) is 1. The molecule has 5 rings (SSSR count). The third-order valence-electron chi connectivity index (χ3n) is 6.84. The Hall–Kier alpha value is -5.18. The highest BCUT2D eigenvalue weighted by molar-refractivity contribution is 6.20. The summed E-state index contributed by atoms with van der Waals surface area (Å²) in [7, 11) is 0. The molecule has 4 aromatic rings. The van der Waals surface area contributed by atoms with Gasteiger partial charge in [-0.2, -0.15) is 0 Å². The Morgan fingerprint density at radius 1 is 1.05 bits per heavy atom. The second kappa shape index (κ2) is 11.1. The van der Waals surface area contributed by atoms with Gasteiger partial charge in [-0.3, -0.25) is 14.4 Å². The summed E-state index contributed by atoms with van der Waals surface area (Å²) in [6.07, 6.45) is 1.50. The molecule has 2 heterocycles. The minimum absolute atomic E-state index is 0.0339. The highest BCUT2D eigenvalue weighted by atomic mass is 16.7. The Labute approximate surface area is 235 Å². The Bertz CT molecular complexity index is 1790. The number of aryl methyl sites for hydroxylation is 1. The van der Waals surface area contributed by atoms with Crippen molar-refractivity contribution in [2.45, 2.75) is 27.3 Å². The molecule has 1 aliphatic heterocycles. The van der Waals surface area contributed by atoms with E-state index in [-0.39, 0.29) is 30.3 Å². The predicted octanol–water partition coefficient (Wildman–Crippen LogP) is 4.98. The molecule has 208 valence electrons. The first-order valence-corrected chi connectivity index (χ1v) is 13.0. The molecule has 0 radical (unpaired) electrons. The number of ether oxygens (including phenoxy) is 2. The first kappa shape index (κ1) is 27.4.